The van der Waals surface area contributed by atoms with Crippen LogP contribution in [0.2, 0.25) is 0 Å². The maximum Gasteiger partial charge on any atom is 0.240 e. The van der Waals surface area contributed by atoms with E-state index in [0.717, 1.165) is 25.9 Å². The number of benzene rings is 1. The lowest BCUT2D eigenvalue weighted by molar-refractivity contribution is -0.114. The molecule has 0 unspecified atom stereocenters. The summed E-state index contributed by atoms with van der Waals surface area (Å²) in [6.07, 6.45) is 1.59. The quantitative estimate of drug-likeness (QED) is 0.770. The van der Waals surface area contributed by atoms with Crippen molar-refractivity contribution in [3.05, 3.63) is 24.3 Å². The molecule has 0 aromatic heterocycles. The molecule has 0 bridgehead atoms. The van der Waals surface area contributed by atoms with Crippen molar-refractivity contribution in [2.45, 2.75) is 30.7 Å². The van der Waals surface area contributed by atoms with Gasteiger partial charge in [0.1, 0.15) is 0 Å². The van der Waals surface area contributed by atoms with Gasteiger partial charge >= 0.3 is 0 Å². The minimum absolute atomic E-state index is 0. The highest BCUT2D eigenvalue weighted by Crippen LogP contribution is 2.15. The zero-order valence-corrected chi connectivity index (χ0v) is 13.4. The Hall–Kier alpha value is -1.15. The van der Waals surface area contributed by atoms with Gasteiger partial charge in [-0.25, -0.2) is 13.1 Å². The number of amides is 1. The first-order valence-electron chi connectivity index (χ1n) is 6.58. The molecular weight excluding hydrogens is 314 g/mol. The second-order valence-corrected chi connectivity index (χ2v) is 6.57. The Morgan fingerprint density at radius 1 is 1.19 bits per heavy atom. The van der Waals surface area contributed by atoms with E-state index < -0.39 is 10.0 Å². The lowest BCUT2D eigenvalue weighted by atomic mass is 10.1. The predicted molar refractivity (Wildman–Crippen MR) is 84.2 cm³/mol. The summed E-state index contributed by atoms with van der Waals surface area (Å²) >= 11 is 0. The van der Waals surface area contributed by atoms with Crippen LogP contribution < -0.4 is 15.4 Å². The van der Waals surface area contributed by atoms with E-state index in [1.54, 1.807) is 12.1 Å². The van der Waals surface area contributed by atoms with Crippen LogP contribution in [0.3, 0.4) is 0 Å². The third kappa shape index (κ3) is 5.28. The summed E-state index contributed by atoms with van der Waals surface area (Å²) in [5.41, 5.74) is 0.582. The molecule has 8 heteroatoms. The average Bonchev–Trinajstić information content (AvgIpc) is 2.39. The number of carbonyl (C=O) groups excluding carboxylic acids is 1. The van der Waals surface area contributed by atoms with Gasteiger partial charge in [0, 0.05) is 18.7 Å². The van der Waals surface area contributed by atoms with E-state index in [0.29, 0.717) is 5.69 Å². The first-order valence-corrected chi connectivity index (χ1v) is 8.06. The highest BCUT2D eigenvalue weighted by atomic mass is 35.5. The molecular formula is C13H20ClN3O3S. The maximum atomic E-state index is 12.2. The van der Waals surface area contributed by atoms with Crippen LogP contribution in [-0.2, 0) is 14.8 Å². The Balaban J connectivity index is 0.00000220. The molecule has 21 heavy (non-hydrogen) atoms. The van der Waals surface area contributed by atoms with Crippen LogP contribution in [0.4, 0.5) is 5.69 Å². The van der Waals surface area contributed by atoms with Crippen molar-refractivity contribution in [2.24, 2.45) is 0 Å². The predicted octanol–water partition coefficient (Wildman–Crippen LogP) is 1.10. The molecule has 0 radical (unpaired) electrons. The van der Waals surface area contributed by atoms with Crippen LogP contribution in [0, 0.1) is 0 Å². The zero-order chi connectivity index (χ0) is 14.6. The van der Waals surface area contributed by atoms with Crippen molar-refractivity contribution < 1.29 is 13.2 Å². The van der Waals surface area contributed by atoms with Crippen molar-refractivity contribution in [1.82, 2.24) is 10.0 Å². The molecule has 1 aliphatic rings. The molecule has 0 spiro atoms. The molecule has 3 N–H and O–H groups in total. The third-order valence-corrected chi connectivity index (χ3v) is 4.68. The van der Waals surface area contributed by atoms with E-state index >= 15 is 0 Å². The summed E-state index contributed by atoms with van der Waals surface area (Å²) < 4.78 is 27.1. The first kappa shape index (κ1) is 17.9. The number of hydrogen-bond acceptors (Lipinski definition) is 4. The fraction of sp³-hybridized carbons (Fsp3) is 0.462. The van der Waals surface area contributed by atoms with Gasteiger partial charge in [-0.05, 0) is 50.2 Å². The van der Waals surface area contributed by atoms with E-state index in [1.807, 2.05) is 0 Å². The van der Waals surface area contributed by atoms with Crippen molar-refractivity contribution in [3.63, 3.8) is 0 Å². The van der Waals surface area contributed by atoms with Crippen LogP contribution in [0.15, 0.2) is 29.2 Å². The van der Waals surface area contributed by atoms with E-state index in [2.05, 4.69) is 15.4 Å². The van der Waals surface area contributed by atoms with Gasteiger partial charge in [-0.1, -0.05) is 0 Å². The van der Waals surface area contributed by atoms with Gasteiger partial charge in [-0.2, -0.15) is 0 Å². The van der Waals surface area contributed by atoms with E-state index in [4.69, 9.17) is 0 Å². The van der Waals surface area contributed by atoms with Crippen LogP contribution in [0.5, 0.6) is 0 Å². The minimum atomic E-state index is -3.50. The van der Waals surface area contributed by atoms with Crippen LogP contribution in [0.25, 0.3) is 0 Å². The second-order valence-electron chi connectivity index (χ2n) is 4.85. The van der Waals surface area contributed by atoms with Gasteiger partial charge in [0.2, 0.25) is 15.9 Å². The lowest BCUT2D eigenvalue weighted by Gasteiger charge is -2.23. The number of halogens is 1. The molecule has 1 fully saturated rings. The molecule has 2 rings (SSSR count). The summed E-state index contributed by atoms with van der Waals surface area (Å²) in [5.74, 6) is -0.187. The molecule has 1 saturated heterocycles. The van der Waals surface area contributed by atoms with E-state index in [9.17, 15) is 13.2 Å². The van der Waals surface area contributed by atoms with Crippen molar-refractivity contribution in [3.8, 4) is 0 Å². The Labute approximate surface area is 131 Å². The van der Waals surface area contributed by atoms with Gasteiger partial charge in [0.15, 0.2) is 0 Å². The SMILES string of the molecule is CC(=O)Nc1ccc(S(=O)(=O)NC2CCNCC2)cc1.Cl. The average molecular weight is 334 g/mol. The Morgan fingerprint density at radius 2 is 1.76 bits per heavy atom. The molecule has 1 amide bonds. The molecule has 1 aromatic carbocycles. The van der Waals surface area contributed by atoms with Crippen molar-refractivity contribution in [2.75, 3.05) is 18.4 Å². The molecule has 6 nitrogen and oxygen atoms in total. The fourth-order valence-electron chi connectivity index (χ4n) is 2.15. The van der Waals surface area contributed by atoms with E-state index in [-0.39, 0.29) is 29.3 Å². The summed E-state index contributed by atoms with van der Waals surface area (Å²) in [7, 11) is -3.50. The van der Waals surface area contributed by atoms with Crippen LogP contribution >= 0.6 is 12.4 Å². The molecule has 118 valence electrons. The van der Waals surface area contributed by atoms with Gasteiger partial charge in [0.25, 0.3) is 0 Å². The van der Waals surface area contributed by atoms with Gasteiger partial charge in [-0.15, -0.1) is 12.4 Å². The first-order chi connectivity index (χ1) is 9.47. The molecule has 1 heterocycles. The van der Waals surface area contributed by atoms with Crippen molar-refractivity contribution in [1.29, 1.82) is 0 Å². The second kappa shape index (κ2) is 7.74. The molecule has 0 atom stereocenters. The zero-order valence-electron chi connectivity index (χ0n) is 11.8. The van der Waals surface area contributed by atoms with Gasteiger partial charge in [-0.3, -0.25) is 4.79 Å². The minimum Gasteiger partial charge on any atom is -0.326 e. The number of hydrogen-bond donors (Lipinski definition) is 3. The fourth-order valence-corrected chi connectivity index (χ4v) is 3.45. The van der Waals surface area contributed by atoms with E-state index in [1.165, 1.54) is 19.1 Å². The largest absolute Gasteiger partial charge is 0.326 e. The highest BCUT2D eigenvalue weighted by Gasteiger charge is 2.21. The summed E-state index contributed by atoms with van der Waals surface area (Å²) in [5, 5.41) is 5.79. The Kier molecular flexibility index (Phi) is 6.60. The molecule has 1 aromatic rings. The smallest absolute Gasteiger partial charge is 0.240 e. The third-order valence-electron chi connectivity index (χ3n) is 3.15. The standard InChI is InChI=1S/C13H19N3O3S.ClH/c1-10(17)15-11-2-4-13(5-3-11)20(18,19)16-12-6-8-14-9-7-12;/h2-5,12,14,16H,6-9H2,1H3,(H,15,17);1H. The van der Waals surface area contributed by atoms with Crippen LogP contribution in [-0.4, -0.2) is 33.5 Å². The Bertz CT molecular complexity index is 569. The number of anilines is 1. The van der Waals surface area contributed by atoms with Crippen LogP contribution in [0.1, 0.15) is 19.8 Å². The molecule has 0 saturated carbocycles. The van der Waals surface area contributed by atoms with Gasteiger partial charge < -0.3 is 10.6 Å². The number of carbonyl (C=O) groups is 1. The number of piperidine rings is 1. The highest BCUT2D eigenvalue weighted by molar-refractivity contribution is 7.89. The summed E-state index contributed by atoms with van der Waals surface area (Å²) in [6.45, 7) is 3.06. The number of rotatable bonds is 4. The monoisotopic (exact) mass is 333 g/mol. The molecule has 1 aliphatic heterocycles. The topological polar surface area (TPSA) is 87.3 Å². The lowest BCUT2D eigenvalue weighted by Crippen LogP contribution is -2.42. The number of sulfonamides is 1. The maximum absolute atomic E-state index is 12.2. The van der Waals surface area contributed by atoms with Gasteiger partial charge in [0.05, 0.1) is 4.90 Å². The Morgan fingerprint density at radius 3 is 2.29 bits per heavy atom. The van der Waals surface area contributed by atoms with Crippen molar-refractivity contribution >= 4 is 34.0 Å². The number of nitrogens with one attached hydrogen (secondary N) is 3. The molecule has 0 aliphatic carbocycles. The normalized spacial score (nSPS) is 16.0. The summed E-state index contributed by atoms with van der Waals surface area (Å²) in [4.78, 5) is 11.1. The summed E-state index contributed by atoms with van der Waals surface area (Å²) in [6, 6.07) is 6.14.